The number of nitrogens with one attached hydrogen (secondary N) is 1. The van der Waals surface area contributed by atoms with E-state index in [1.54, 1.807) is 19.5 Å². The predicted molar refractivity (Wildman–Crippen MR) is 126 cm³/mol. The number of hydrogen-bond donors (Lipinski definition) is 1. The van der Waals surface area contributed by atoms with Gasteiger partial charge in [-0.05, 0) is 79.6 Å². The summed E-state index contributed by atoms with van der Waals surface area (Å²) >= 11 is 1.51. The Balaban J connectivity index is 1.65. The van der Waals surface area contributed by atoms with Crippen molar-refractivity contribution in [3.8, 4) is 16.9 Å². The normalized spacial score (nSPS) is 18.5. The first-order valence-electron chi connectivity index (χ1n) is 10.8. The number of methoxy groups -OCH3 is 1. The molecule has 0 unspecified atom stereocenters. The van der Waals surface area contributed by atoms with Gasteiger partial charge in [-0.25, -0.2) is 0 Å². The number of amides is 1. The lowest BCUT2D eigenvalue weighted by atomic mass is 9.89. The Labute approximate surface area is 188 Å². The molecule has 0 spiro atoms. The van der Waals surface area contributed by atoms with Crippen molar-refractivity contribution >= 4 is 17.2 Å². The average molecular weight is 436 g/mol. The lowest BCUT2D eigenvalue weighted by Gasteiger charge is -2.37. The largest absolute Gasteiger partial charge is 0.496 e. The number of carbonyl (C=O) groups is 1. The minimum atomic E-state index is 0.110. The molecule has 31 heavy (non-hydrogen) atoms. The van der Waals surface area contributed by atoms with Crippen molar-refractivity contribution in [2.75, 3.05) is 14.2 Å². The number of carbonyl (C=O) groups excluding carboxylic acids is 1. The lowest BCUT2D eigenvalue weighted by Crippen LogP contribution is -2.44. The molecule has 0 radical (unpaired) electrons. The highest BCUT2D eigenvalue weighted by molar-refractivity contribution is 7.12. The van der Waals surface area contributed by atoms with Crippen LogP contribution >= 0.6 is 11.3 Å². The van der Waals surface area contributed by atoms with Gasteiger partial charge < -0.3 is 15.0 Å². The second kappa shape index (κ2) is 10.1. The van der Waals surface area contributed by atoms with Gasteiger partial charge in [0.2, 0.25) is 0 Å². The number of ether oxygens (including phenoxy) is 1. The van der Waals surface area contributed by atoms with Crippen LogP contribution in [-0.2, 0) is 6.54 Å². The Morgan fingerprint density at radius 1 is 1.13 bits per heavy atom. The third kappa shape index (κ3) is 4.97. The van der Waals surface area contributed by atoms with Crippen molar-refractivity contribution in [1.29, 1.82) is 0 Å². The second-order valence-electron chi connectivity index (χ2n) is 7.97. The molecule has 5 nitrogen and oxygen atoms in total. The monoisotopic (exact) mass is 435 g/mol. The van der Waals surface area contributed by atoms with Crippen molar-refractivity contribution in [2.45, 2.75) is 44.3 Å². The van der Waals surface area contributed by atoms with E-state index in [0.29, 0.717) is 12.6 Å². The summed E-state index contributed by atoms with van der Waals surface area (Å²) in [4.78, 5) is 20.5. The van der Waals surface area contributed by atoms with Crippen LogP contribution in [0.25, 0.3) is 11.1 Å². The molecule has 1 amide bonds. The molecule has 1 N–H and O–H groups in total. The Hall–Kier alpha value is -2.70. The molecule has 162 valence electrons. The van der Waals surface area contributed by atoms with Crippen LogP contribution in [0.3, 0.4) is 0 Å². The molecule has 2 aromatic heterocycles. The summed E-state index contributed by atoms with van der Waals surface area (Å²) in [5.74, 6) is 0.921. The van der Waals surface area contributed by atoms with Crippen molar-refractivity contribution in [3.63, 3.8) is 0 Å². The van der Waals surface area contributed by atoms with E-state index in [1.165, 1.54) is 11.3 Å². The Morgan fingerprint density at radius 3 is 2.55 bits per heavy atom. The van der Waals surface area contributed by atoms with Crippen molar-refractivity contribution in [3.05, 3.63) is 70.7 Å². The number of rotatable bonds is 7. The van der Waals surface area contributed by atoms with Crippen molar-refractivity contribution in [1.82, 2.24) is 15.2 Å². The summed E-state index contributed by atoms with van der Waals surface area (Å²) in [7, 11) is 3.71. The summed E-state index contributed by atoms with van der Waals surface area (Å²) in [6, 6.07) is 14.8. The van der Waals surface area contributed by atoms with Crippen LogP contribution in [0, 0.1) is 0 Å². The SMILES string of the molecule is CNC1CCC(N(Cc2cc(-c3ccncc3)ccc2OC)C(=O)c2cccs2)CC1. The minimum Gasteiger partial charge on any atom is -0.496 e. The van der Waals surface area contributed by atoms with Crippen molar-refractivity contribution in [2.24, 2.45) is 0 Å². The van der Waals surface area contributed by atoms with Crippen LogP contribution in [0.5, 0.6) is 5.75 Å². The molecule has 0 bridgehead atoms. The summed E-state index contributed by atoms with van der Waals surface area (Å²) in [6.07, 6.45) is 7.79. The first kappa shape index (κ1) is 21.5. The first-order chi connectivity index (χ1) is 15.2. The number of benzene rings is 1. The smallest absolute Gasteiger partial charge is 0.264 e. The van der Waals surface area contributed by atoms with Crippen LogP contribution < -0.4 is 10.1 Å². The third-order valence-corrected chi connectivity index (χ3v) is 7.03. The van der Waals surface area contributed by atoms with E-state index < -0.39 is 0 Å². The number of pyridine rings is 1. The van der Waals surface area contributed by atoms with Crippen LogP contribution in [0.1, 0.15) is 40.9 Å². The van der Waals surface area contributed by atoms with E-state index in [4.69, 9.17) is 4.74 Å². The van der Waals surface area contributed by atoms with Gasteiger partial charge in [-0.15, -0.1) is 11.3 Å². The van der Waals surface area contributed by atoms with Crippen LogP contribution in [0.2, 0.25) is 0 Å². The van der Waals surface area contributed by atoms with Crippen molar-refractivity contribution < 1.29 is 9.53 Å². The zero-order valence-electron chi connectivity index (χ0n) is 18.1. The Morgan fingerprint density at radius 2 is 1.90 bits per heavy atom. The van der Waals surface area contributed by atoms with E-state index >= 15 is 0 Å². The van der Waals surface area contributed by atoms with E-state index in [0.717, 1.165) is 53.0 Å². The molecular weight excluding hydrogens is 406 g/mol. The zero-order chi connectivity index (χ0) is 21.6. The number of nitrogens with zero attached hydrogens (tertiary/aromatic N) is 2. The highest BCUT2D eigenvalue weighted by Gasteiger charge is 2.30. The molecule has 4 rings (SSSR count). The fourth-order valence-corrected chi connectivity index (χ4v) is 5.07. The Kier molecular flexibility index (Phi) is 6.99. The van der Waals surface area contributed by atoms with Gasteiger partial charge in [-0.1, -0.05) is 12.1 Å². The molecule has 6 heteroatoms. The number of aromatic nitrogens is 1. The predicted octanol–water partition coefficient (Wildman–Crippen LogP) is 4.99. The highest BCUT2D eigenvalue weighted by atomic mass is 32.1. The first-order valence-corrected chi connectivity index (χ1v) is 11.7. The molecule has 1 saturated carbocycles. The van der Waals surface area contributed by atoms with Gasteiger partial charge >= 0.3 is 0 Å². The quantitative estimate of drug-likeness (QED) is 0.568. The van der Waals surface area contributed by atoms with E-state index in [9.17, 15) is 4.79 Å². The number of thiophene rings is 1. The van der Waals surface area contributed by atoms with Gasteiger partial charge in [0.05, 0.1) is 12.0 Å². The maximum atomic E-state index is 13.5. The molecule has 1 aliphatic rings. The van der Waals surface area contributed by atoms with Gasteiger partial charge in [0.25, 0.3) is 5.91 Å². The van der Waals surface area contributed by atoms with Crippen LogP contribution in [-0.4, -0.2) is 42.0 Å². The van der Waals surface area contributed by atoms with Gasteiger partial charge in [0.15, 0.2) is 0 Å². The second-order valence-corrected chi connectivity index (χ2v) is 8.91. The average Bonchev–Trinajstić information content (AvgIpc) is 3.38. The molecule has 1 aromatic carbocycles. The molecule has 1 fully saturated rings. The molecule has 1 aliphatic carbocycles. The molecule has 2 heterocycles. The maximum Gasteiger partial charge on any atom is 0.264 e. The molecule has 0 aliphatic heterocycles. The molecule has 3 aromatic rings. The van der Waals surface area contributed by atoms with E-state index in [2.05, 4.69) is 27.3 Å². The molecule has 0 saturated heterocycles. The topological polar surface area (TPSA) is 54.5 Å². The zero-order valence-corrected chi connectivity index (χ0v) is 18.9. The van der Waals surface area contributed by atoms with Crippen LogP contribution in [0.15, 0.2) is 60.2 Å². The van der Waals surface area contributed by atoms with Gasteiger partial charge in [-0.3, -0.25) is 9.78 Å². The summed E-state index contributed by atoms with van der Waals surface area (Å²) in [5, 5.41) is 5.35. The van der Waals surface area contributed by atoms with E-state index in [-0.39, 0.29) is 11.9 Å². The third-order valence-electron chi connectivity index (χ3n) is 6.17. The highest BCUT2D eigenvalue weighted by Crippen LogP contribution is 2.31. The minimum absolute atomic E-state index is 0.110. The Bertz CT molecular complexity index is 983. The van der Waals surface area contributed by atoms with Gasteiger partial charge in [0.1, 0.15) is 5.75 Å². The standard InChI is InChI=1S/C25H29N3O2S/c1-26-21-6-8-22(9-7-21)28(25(29)24-4-3-15-31-24)17-20-16-19(5-10-23(20)30-2)18-11-13-27-14-12-18/h3-5,10-16,21-22,26H,6-9,17H2,1-2H3. The van der Waals surface area contributed by atoms with E-state index in [1.807, 2.05) is 42.8 Å². The summed E-state index contributed by atoms with van der Waals surface area (Å²) in [6.45, 7) is 0.535. The van der Waals surface area contributed by atoms with Crippen LogP contribution in [0.4, 0.5) is 0 Å². The molecular formula is C25H29N3O2S. The van der Waals surface area contributed by atoms with Gasteiger partial charge in [0, 0.05) is 36.6 Å². The summed E-state index contributed by atoms with van der Waals surface area (Å²) < 4.78 is 5.67. The lowest BCUT2D eigenvalue weighted by molar-refractivity contribution is 0.0604. The van der Waals surface area contributed by atoms with Gasteiger partial charge in [-0.2, -0.15) is 0 Å². The fourth-order valence-electron chi connectivity index (χ4n) is 4.39. The summed E-state index contributed by atoms with van der Waals surface area (Å²) in [5.41, 5.74) is 3.22. The fraction of sp³-hybridized carbons (Fsp3) is 0.360. The maximum absolute atomic E-state index is 13.5. The molecule has 0 atom stereocenters. The number of hydrogen-bond acceptors (Lipinski definition) is 5.